The van der Waals surface area contributed by atoms with E-state index in [1.54, 1.807) is 13.2 Å². The number of aromatic nitrogens is 1. The Morgan fingerprint density at radius 1 is 1.28 bits per heavy atom. The van der Waals surface area contributed by atoms with Crippen LogP contribution < -0.4 is 15.4 Å². The van der Waals surface area contributed by atoms with Crippen LogP contribution in [0.1, 0.15) is 23.6 Å². The predicted molar refractivity (Wildman–Crippen MR) is 99.5 cm³/mol. The summed E-state index contributed by atoms with van der Waals surface area (Å²) in [6.45, 7) is 0. The number of halogens is 1. The number of carbonyl (C=O) groups is 1. The number of hydrogen-bond donors (Lipinski definition) is 3. The first kappa shape index (κ1) is 15.8. The van der Waals surface area contributed by atoms with Gasteiger partial charge in [0.15, 0.2) is 0 Å². The van der Waals surface area contributed by atoms with Crippen LogP contribution in [0.2, 0.25) is 5.02 Å². The minimum Gasteiger partial charge on any atom is -0.497 e. The van der Waals surface area contributed by atoms with Crippen LogP contribution in [0.15, 0.2) is 42.6 Å². The number of urea groups is 1. The molecule has 0 aliphatic heterocycles. The van der Waals surface area contributed by atoms with E-state index in [9.17, 15) is 4.79 Å². The first-order valence-electron chi connectivity index (χ1n) is 8.15. The Hall–Kier alpha value is -2.66. The largest absolute Gasteiger partial charge is 0.497 e. The number of H-pyrrole nitrogens is 1. The van der Waals surface area contributed by atoms with Gasteiger partial charge in [-0.05, 0) is 54.3 Å². The van der Waals surface area contributed by atoms with E-state index in [-0.39, 0.29) is 12.1 Å². The van der Waals surface area contributed by atoms with Crippen LogP contribution >= 0.6 is 11.6 Å². The van der Waals surface area contributed by atoms with Crippen molar-refractivity contribution in [3.05, 3.63) is 58.7 Å². The third-order valence-electron chi connectivity index (χ3n) is 4.61. The maximum Gasteiger partial charge on any atom is 0.319 e. The van der Waals surface area contributed by atoms with Crippen LogP contribution in [0.5, 0.6) is 5.75 Å². The molecule has 1 unspecified atom stereocenters. The van der Waals surface area contributed by atoms with Crippen molar-refractivity contribution in [3.8, 4) is 5.75 Å². The van der Waals surface area contributed by atoms with Gasteiger partial charge in [-0.15, -0.1) is 0 Å². The number of nitrogens with one attached hydrogen (secondary N) is 3. The van der Waals surface area contributed by atoms with Crippen molar-refractivity contribution >= 4 is 34.2 Å². The highest BCUT2D eigenvalue weighted by Gasteiger charge is 2.24. The molecule has 0 fully saturated rings. The SMILES string of the molecule is COc1ccc2c(c1)C(NC(=O)Nc1cc(Cl)c3cc[nH]c3c1)CC2. The Morgan fingerprint density at radius 2 is 2.16 bits per heavy atom. The van der Waals surface area contributed by atoms with Gasteiger partial charge in [-0.1, -0.05) is 17.7 Å². The number of ether oxygens (including phenoxy) is 1. The summed E-state index contributed by atoms with van der Waals surface area (Å²) in [6, 6.07) is 11.3. The van der Waals surface area contributed by atoms with Gasteiger partial charge in [0.2, 0.25) is 0 Å². The Labute approximate surface area is 150 Å². The number of amides is 2. The minimum atomic E-state index is -0.248. The zero-order valence-corrected chi connectivity index (χ0v) is 14.5. The van der Waals surface area contributed by atoms with Gasteiger partial charge in [0.05, 0.1) is 18.2 Å². The Bertz CT molecular complexity index is 951. The highest BCUT2D eigenvalue weighted by molar-refractivity contribution is 6.35. The normalized spacial score (nSPS) is 15.8. The van der Waals surface area contributed by atoms with Crippen LogP contribution in [-0.4, -0.2) is 18.1 Å². The second-order valence-corrected chi connectivity index (χ2v) is 6.56. The van der Waals surface area contributed by atoms with Crippen molar-refractivity contribution in [3.63, 3.8) is 0 Å². The smallest absolute Gasteiger partial charge is 0.319 e. The van der Waals surface area contributed by atoms with Crippen molar-refractivity contribution < 1.29 is 9.53 Å². The summed E-state index contributed by atoms with van der Waals surface area (Å²) in [5.41, 5.74) is 3.91. The van der Waals surface area contributed by atoms with E-state index in [0.717, 1.165) is 35.1 Å². The number of fused-ring (bicyclic) bond motifs is 2. The summed E-state index contributed by atoms with van der Waals surface area (Å²) >= 11 is 6.25. The highest BCUT2D eigenvalue weighted by atomic mass is 35.5. The first-order chi connectivity index (χ1) is 12.1. The molecule has 1 atom stereocenters. The van der Waals surface area contributed by atoms with Crippen LogP contribution in [0.25, 0.3) is 10.9 Å². The van der Waals surface area contributed by atoms with E-state index < -0.39 is 0 Å². The number of methoxy groups -OCH3 is 1. The predicted octanol–water partition coefficient (Wildman–Crippen LogP) is 4.64. The molecule has 0 saturated carbocycles. The van der Waals surface area contributed by atoms with Gasteiger partial charge < -0.3 is 20.4 Å². The zero-order chi connectivity index (χ0) is 17.4. The van der Waals surface area contributed by atoms with Crippen LogP contribution in [0.3, 0.4) is 0 Å². The van der Waals surface area contributed by atoms with Crippen molar-refractivity contribution in [1.29, 1.82) is 0 Å². The van der Waals surface area contributed by atoms with E-state index in [1.807, 2.05) is 30.5 Å². The van der Waals surface area contributed by atoms with Crippen LogP contribution in [0, 0.1) is 0 Å². The topological polar surface area (TPSA) is 66.2 Å². The zero-order valence-electron chi connectivity index (χ0n) is 13.7. The van der Waals surface area contributed by atoms with Gasteiger partial charge in [0, 0.05) is 22.8 Å². The summed E-state index contributed by atoms with van der Waals surface area (Å²) in [5, 5.41) is 7.44. The second kappa shape index (κ2) is 6.33. The van der Waals surface area contributed by atoms with E-state index in [4.69, 9.17) is 16.3 Å². The van der Waals surface area contributed by atoms with Crippen LogP contribution in [-0.2, 0) is 6.42 Å². The average Bonchev–Trinajstić information content (AvgIpc) is 3.22. The standard InChI is InChI=1S/C19H18ClN3O2/c1-25-13-4-2-11-3-5-17(15(11)10-13)23-19(24)22-12-8-16(20)14-6-7-21-18(14)9-12/h2,4,6-10,17,21H,3,5H2,1H3,(H2,22,23,24). The van der Waals surface area contributed by atoms with Crippen molar-refractivity contribution in [2.45, 2.75) is 18.9 Å². The van der Waals surface area contributed by atoms with Gasteiger partial charge in [-0.25, -0.2) is 4.79 Å². The molecule has 2 amide bonds. The molecule has 3 N–H and O–H groups in total. The van der Waals surface area contributed by atoms with E-state index in [2.05, 4.69) is 21.7 Å². The molecular formula is C19H18ClN3O2. The summed E-state index contributed by atoms with van der Waals surface area (Å²) in [7, 11) is 1.65. The Morgan fingerprint density at radius 3 is 3.00 bits per heavy atom. The molecule has 25 heavy (non-hydrogen) atoms. The molecule has 6 heteroatoms. The van der Waals surface area contributed by atoms with Crippen molar-refractivity contribution in [2.24, 2.45) is 0 Å². The number of benzene rings is 2. The number of carbonyl (C=O) groups excluding carboxylic acids is 1. The van der Waals surface area contributed by atoms with Gasteiger partial charge >= 0.3 is 6.03 Å². The molecule has 1 aliphatic carbocycles. The van der Waals surface area contributed by atoms with Crippen molar-refractivity contribution in [1.82, 2.24) is 10.3 Å². The summed E-state index contributed by atoms with van der Waals surface area (Å²) < 4.78 is 5.29. The third kappa shape index (κ3) is 3.03. The lowest BCUT2D eigenvalue weighted by Gasteiger charge is -2.16. The second-order valence-electron chi connectivity index (χ2n) is 6.15. The fourth-order valence-electron chi connectivity index (χ4n) is 3.38. The molecule has 128 valence electrons. The van der Waals surface area contributed by atoms with Gasteiger partial charge in [-0.2, -0.15) is 0 Å². The molecule has 4 rings (SSSR count). The van der Waals surface area contributed by atoms with E-state index in [1.165, 1.54) is 5.56 Å². The fourth-order valence-corrected chi connectivity index (χ4v) is 3.66. The Kier molecular flexibility index (Phi) is 4.01. The molecular weight excluding hydrogens is 338 g/mol. The summed E-state index contributed by atoms with van der Waals surface area (Å²) in [6.07, 6.45) is 3.65. The van der Waals surface area contributed by atoms with Gasteiger partial charge in [-0.3, -0.25) is 0 Å². The van der Waals surface area contributed by atoms with E-state index in [0.29, 0.717) is 10.7 Å². The maximum absolute atomic E-state index is 12.4. The molecule has 0 spiro atoms. The Balaban J connectivity index is 1.49. The number of aromatic amines is 1. The molecule has 1 heterocycles. The molecule has 5 nitrogen and oxygen atoms in total. The molecule has 0 bridgehead atoms. The molecule has 1 aromatic heterocycles. The monoisotopic (exact) mass is 355 g/mol. The lowest BCUT2D eigenvalue weighted by Crippen LogP contribution is -2.31. The summed E-state index contributed by atoms with van der Waals surface area (Å²) in [4.78, 5) is 15.5. The minimum absolute atomic E-state index is 0.0187. The molecule has 0 radical (unpaired) electrons. The average molecular weight is 356 g/mol. The summed E-state index contributed by atoms with van der Waals surface area (Å²) in [5.74, 6) is 0.803. The first-order valence-corrected chi connectivity index (χ1v) is 8.53. The lowest BCUT2D eigenvalue weighted by atomic mass is 10.1. The number of anilines is 1. The fraction of sp³-hybridized carbons (Fsp3) is 0.211. The number of rotatable bonds is 3. The highest BCUT2D eigenvalue weighted by Crippen LogP contribution is 2.34. The van der Waals surface area contributed by atoms with Crippen molar-refractivity contribution in [2.75, 3.05) is 12.4 Å². The number of hydrogen-bond acceptors (Lipinski definition) is 2. The number of aryl methyl sites for hydroxylation is 1. The molecule has 3 aromatic rings. The van der Waals surface area contributed by atoms with Crippen LogP contribution in [0.4, 0.5) is 10.5 Å². The van der Waals surface area contributed by atoms with E-state index >= 15 is 0 Å². The molecule has 0 saturated heterocycles. The quantitative estimate of drug-likeness (QED) is 0.640. The molecule has 2 aromatic carbocycles. The van der Waals surface area contributed by atoms with Gasteiger partial charge in [0.25, 0.3) is 0 Å². The van der Waals surface area contributed by atoms with Gasteiger partial charge in [0.1, 0.15) is 5.75 Å². The maximum atomic E-state index is 12.4. The lowest BCUT2D eigenvalue weighted by molar-refractivity contribution is 0.248. The molecule has 1 aliphatic rings. The third-order valence-corrected chi connectivity index (χ3v) is 4.93.